The first-order valence-corrected chi connectivity index (χ1v) is 4.94. The van der Waals surface area contributed by atoms with Crippen LogP contribution in [0.1, 0.15) is 12.8 Å². The Labute approximate surface area is 82.4 Å². The summed E-state index contributed by atoms with van der Waals surface area (Å²) in [5.41, 5.74) is 0.923. The SMILES string of the molecule is O=CC1(C2=CC3OCOC3C=C2)CC1. The van der Waals surface area contributed by atoms with Gasteiger partial charge in [0.25, 0.3) is 0 Å². The van der Waals surface area contributed by atoms with Crippen molar-refractivity contribution in [2.24, 2.45) is 5.41 Å². The lowest BCUT2D eigenvalue weighted by Gasteiger charge is -2.19. The average molecular weight is 192 g/mol. The van der Waals surface area contributed by atoms with Gasteiger partial charge in [-0.25, -0.2) is 0 Å². The molecule has 1 aliphatic heterocycles. The van der Waals surface area contributed by atoms with Crippen molar-refractivity contribution in [1.29, 1.82) is 0 Å². The Kier molecular flexibility index (Phi) is 1.66. The predicted molar refractivity (Wildman–Crippen MR) is 49.6 cm³/mol. The molecule has 1 saturated heterocycles. The van der Waals surface area contributed by atoms with E-state index in [0.29, 0.717) is 6.79 Å². The molecule has 74 valence electrons. The molecule has 2 atom stereocenters. The van der Waals surface area contributed by atoms with Crippen LogP contribution < -0.4 is 0 Å². The first-order valence-electron chi connectivity index (χ1n) is 4.94. The minimum absolute atomic E-state index is 0.0208. The Morgan fingerprint density at radius 3 is 2.86 bits per heavy atom. The summed E-state index contributed by atoms with van der Waals surface area (Å²) in [6.07, 6.45) is 9.15. The van der Waals surface area contributed by atoms with E-state index in [1.165, 1.54) is 0 Å². The quantitative estimate of drug-likeness (QED) is 0.617. The van der Waals surface area contributed by atoms with Crippen LogP contribution in [0.25, 0.3) is 0 Å². The standard InChI is InChI=1S/C11H12O3/c12-6-11(3-4-11)8-1-2-9-10(5-8)14-7-13-9/h1-2,5-6,9-10H,3-4,7H2. The highest BCUT2D eigenvalue weighted by molar-refractivity contribution is 5.71. The van der Waals surface area contributed by atoms with Gasteiger partial charge >= 0.3 is 0 Å². The highest BCUT2D eigenvalue weighted by atomic mass is 16.7. The average Bonchev–Trinajstić information content (AvgIpc) is 2.89. The largest absolute Gasteiger partial charge is 0.345 e. The topological polar surface area (TPSA) is 35.5 Å². The third kappa shape index (κ3) is 1.09. The molecular weight excluding hydrogens is 180 g/mol. The van der Waals surface area contributed by atoms with Gasteiger partial charge in [-0.05, 0) is 24.5 Å². The van der Waals surface area contributed by atoms with Crippen LogP contribution in [0.3, 0.4) is 0 Å². The van der Waals surface area contributed by atoms with Crippen LogP contribution in [0.2, 0.25) is 0 Å². The number of hydrogen-bond donors (Lipinski definition) is 0. The van der Waals surface area contributed by atoms with Gasteiger partial charge in [0.1, 0.15) is 25.3 Å². The van der Waals surface area contributed by atoms with Crippen LogP contribution in [0, 0.1) is 5.41 Å². The number of carbonyl (C=O) groups excluding carboxylic acids is 1. The number of carbonyl (C=O) groups is 1. The molecule has 3 rings (SSSR count). The van der Waals surface area contributed by atoms with E-state index < -0.39 is 0 Å². The molecule has 3 nitrogen and oxygen atoms in total. The molecule has 0 spiro atoms. The summed E-state index contributed by atoms with van der Waals surface area (Å²) in [6, 6.07) is 0. The molecule has 1 saturated carbocycles. The lowest BCUT2D eigenvalue weighted by Crippen LogP contribution is -2.23. The monoisotopic (exact) mass is 192 g/mol. The molecule has 1 heterocycles. The van der Waals surface area contributed by atoms with Crippen molar-refractivity contribution in [3.05, 3.63) is 23.8 Å². The van der Waals surface area contributed by atoms with Gasteiger partial charge in [-0.2, -0.15) is 0 Å². The summed E-state index contributed by atoms with van der Waals surface area (Å²) in [6.45, 7) is 0.359. The summed E-state index contributed by atoms with van der Waals surface area (Å²) < 4.78 is 10.7. The molecule has 0 aromatic carbocycles. The Morgan fingerprint density at radius 1 is 1.36 bits per heavy atom. The number of fused-ring (bicyclic) bond motifs is 1. The number of hydrogen-bond acceptors (Lipinski definition) is 3. The van der Waals surface area contributed by atoms with Crippen LogP contribution in [0.5, 0.6) is 0 Å². The van der Waals surface area contributed by atoms with Crippen molar-refractivity contribution in [2.45, 2.75) is 25.0 Å². The van der Waals surface area contributed by atoms with Crippen molar-refractivity contribution in [3.8, 4) is 0 Å². The number of rotatable bonds is 2. The fourth-order valence-electron chi connectivity index (χ4n) is 2.07. The Hall–Kier alpha value is -0.930. The van der Waals surface area contributed by atoms with E-state index in [2.05, 4.69) is 0 Å². The molecule has 0 aromatic heterocycles. The fourth-order valence-corrected chi connectivity index (χ4v) is 2.07. The van der Waals surface area contributed by atoms with Crippen molar-refractivity contribution in [1.82, 2.24) is 0 Å². The maximum Gasteiger partial charge on any atom is 0.148 e. The minimum atomic E-state index is -0.187. The first kappa shape index (κ1) is 8.38. The van der Waals surface area contributed by atoms with Gasteiger partial charge in [-0.3, -0.25) is 0 Å². The van der Waals surface area contributed by atoms with E-state index >= 15 is 0 Å². The first-order chi connectivity index (χ1) is 6.84. The van der Waals surface area contributed by atoms with Crippen LogP contribution in [-0.4, -0.2) is 25.3 Å². The fraction of sp³-hybridized carbons (Fsp3) is 0.545. The molecule has 0 bridgehead atoms. The predicted octanol–water partition coefficient (Wildman–Crippen LogP) is 1.20. The highest BCUT2D eigenvalue weighted by Gasteiger charge is 2.46. The molecule has 0 N–H and O–H groups in total. The maximum absolute atomic E-state index is 10.9. The normalized spacial score (nSPS) is 37.6. The van der Waals surface area contributed by atoms with E-state index in [1.807, 2.05) is 18.2 Å². The minimum Gasteiger partial charge on any atom is -0.345 e. The number of aldehydes is 1. The van der Waals surface area contributed by atoms with E-state index in [4.69, 9.17) is 9.47 Å². The van der Waals surface area contributed by atoms with Gasteiger partial charge in [0.2, 0.25) is 0 Å². The molecular formula is C11H12O3. The zero-order chi connectivity index (χ0) is 9.60. The van der Waals surface area contributed by atoms with Gasteiger partial charge < -0.3 is 14.3 Å². The van der Waals surface area contributed by atoms with Crippen LogP contribution >= 0.6 is 0 Å². The second-order valence-corrected chi connectivity index (χ2v) is 4.14. The van der Waals surface area contributed by atoms with E-state index in [9.17, 15) is 4.79 Å². The lowest BCUT2D eigenvalue weighted by molar-refractivity contribution is -0.111. The summed E-state index contributed by atoms with van der Waals surface area (Å²) in [7, 11) is 0. The lowest BCUT2D eigenvalue weighted by atomic mass is 9.90. The van der Waals surface area contributed by atoms with Crippen LogP contribution in [0.4, 0.5) is 0 Å². The van der Waals surface area contributed by atoms with Crippen molar-refractivity contribution < 1.29 is 14.3 Å². The molecule has 3 heteroatoms. The van der Waals surface area contributed by atoms with Crippen molar-refractivity contribution in [3.63, 3.8) is 0 Å². The second kappa shape index (κ2) is 2.78. The third-order valence-corrected chi connectivity index (χ3v) is 3.24. The molecule has 0 aromatic rings. The molecule has 14 heavy (non-hydrogen) atoms. The molecule has 2 aliphatic carbocycles. The van der Waals surface area contributed by atoms with Crippen molar-refractivity contribution in [2.75, 3.05) is 6.79 Å². The summed E-state index contributed by atoms with van der Waals surface area (Å²) in [5.74, 6) is 0. The Balaban J connectivity index is 1.88. The third-order valence-electron chi connectivity index (χ3n) is 3.24. The highest BCUT2D eigenvalue weighted by Crippen LogP contribution is 2.51. The van der Waals surface area contributed by atoms with Gasteiger partial charge in [0.05, 0.1) is 5.41 Å². The molecule has 3 aliphatic rings. The maximum atomic E-state index is 10.9. The molecule has 2 fully saturated rings. The summed E-state index contributed by atoms with van der Waals surface area (Å²) in [4.78, 5) is 10.9. The number of ether oxygens (including phenoxy) is 2. The zero-order valence-corrected chi connectivity index (χ0v) is 7.81. The Bertz CT molecular complexity index is 325. The smallest absolute Gasteiger partial charge is 0.148 e. The van der Waals surface area contributed by atoms with E-state index in [1.54, 1.807) is 0 Å². The van der Waals surface area contributed by atoms with Crippen molar-refractivity contribution >= 4 is 6.29 Å². The van der Waals surface area contributed by atoms with E-state index in [-0.39, 0.29) is 17.6 Å². The molecule has 2 unspecified atom stereocenters. The van der Waals surface area contributed by atoms with Gasteiger partial charge in [-0.1, -0.05) is 12.2 Å². The zero-order valence-electron chi connectivity index (χ0n) is 7.81. The van der Waals surface area contributed by atoms with Gasteiger partial charge in [0.15, 0.2) is 0 Å². The van der Waals surface area contributed by atoms with Gasteiger partial charge in [-0.15, -0.1) is 0 Å². The van der Waals surface area contributed by atoms with Gasteiger partial charge in [0, 0.05) is 0 Å². The molecule has 0 radical (unpaired) electrons. The number of allylic oxidation sites excluding steroid dienone is 2. The Morgan fingerprint density at radius 2 is 2.14 bits per heavy atom. The summed E-state index contributed by atoms with van der Waals surface area (Å²) in [5, 5.41) is 0. The molecule has 0 amide bonds. The van der Waals surface area contributed by atoms with Crippen LogP contribution in [-0.2, 0) is 14.3 Å². The van der Waals surface area contributed by atoms with Crippen LogP contribution in [0.15, 0.2) is 23.8 Å². The van der Waals surface area contributed by atoms with E-state index in [0.717, 1.165) is 24.7 Å². The summed E-state index contributed by atoms with van der Waals surface area (Å²) >= 11 is 0. The second-order valence-electron chi connectivity index (χ2n) is 4.14.